The van der Waals surface area contributed by atoms with Gasteiger partial charge in [0.2, 0.25) is 17.1 Å². The highest BCUT2D eigenvalue weighted by Gasteiger charge is 2.35. The van der Waals surface area contributed by atoms with Gasteiger partial charge in [-0.05, 0) is 164 Å². The number of carbonyl (C=O) groups excluding carboxylic acids is 3. The molecule has 3 fully saturated rings. The monoisotopic (exact) mass is 1560 g/mol. The third-order valence-electron chi connectivity index (χ3n) is 19.7. The number of nitrogens with two attached hydrogens (primary N) is 3. The molecule has 3 atom stereocenters. The fourth-order valence-electron chi connectivity index (χ4n) is 14.4. The average Bonchev–Trinajstić information content (AvgIpc) is 1.62. The summed E-state index contributed by atoms with van der Waals surface area (Å²) in [4.78, 5) is 81.8. The van der Waals surface area contributed by atoms with Gasteiger partial charge < -0.3 is 46.1 Å². The first-order chi connectivity index (χ1) is 56.2. The van der Waals surface area contributed by atoms with Crippen LogP contribution in [-0.2, 0) is 14.4 Å². The number of piperidine rings is 3. The number of amides is 3. The number of rotatable bonds is 15. The van der Waals surface area contributed by atoms with Crippen LogP contribution in [-0.4, -0.2) is 131 Å². The molecule has 27 heteroatoms. The average molecular weight is 1560 g/mol. The predicted octanol–water partition coefficient (Wildman–Crippen LogP) is 17.6. The van der Waals surface area contributed by atoms with E-state index in [4.69, 9.17) is 66.4 Å². The summed E-state index contributed by atoms with van der Waals surface area (Å²) in [5.74, 6) is 4.69. The van der Waals surface area contributed by atoms with Crippen molar-refractivity contribution < 1.29 is 28.6 Å². The van der Waals surface area contributed by atoms with Gasteiger partial charge >= 0.3 is 0 Å². The second-order valence-corrected chi connectivity index (χ2v) is 32.2. The molecule has 3 aliphatic rings. The van der Waals surface area contributed by atoms with Crippen LogP contribution in [0.5, 0.6) is 34.5 Å². The Labute approximate surface area is 679 Å². The van der Waals surface area contributed by atoms with E-state index in [1.165, 1.54) is 19.0 Å². The number of hydrogen-bond donors (Lipinski definition) is 3. The second-order valence-electron chi connectivity index (χ2n) is 32.2. The molecular weight excluding hydrogens is 1470 g/mol. The molecule has 15 rings (SSSR count). The maximum absolute atomic E-state index is 13.2. The first-order valence-corrected chi connectivity index (χ1v) is 38.8. The molecule has 6 aromatic heterocycles. The SMILES string of the molecule is [C-]#[N+]/C(=C\C(C)(C)C)C(=O)N1CCCC(n2nc(-c3ccc(Oc4ccccc4)cc3)c3c(N)ncnc32)C1.[C-]#[N+]C(=CC(C)(C)C)C(=O)N1CCC[C@@H](n2nc(-c3ccc(Oc4ccccc4)cc3)c3c(N)ncnc32)C1.[C-]#[N+]C(=CC(C)(C)C)C(=O)N1CCC[C@@H](n2nc(-c3ccc(Oc4ccccc4)cc3)c3c(N)ncnc32)C1. The van der Waals surface area contributed by atoms with E-state index >= 15 is 0 Å². The molecule has 6 N–H and O–H groups in total. The minimum atomic E-state index is -0.270. The number of hydrogen-bond acceptors (Lipinski definition) is 18. The Hall–Kier alpha value is -14.1. The molecule has 27 nitrogen and oxygen atoms in total. The largest absolute Gasteiger partial charge is 0.457 e. The number of nitrogens with zero attached hydrogens (tertiary/aromatic N) is 18. The van der Waals surface area contributed by atoms with Crippen LogP contribution in [0.25, 0.3) is 81.4 Å². The molecule has 3 aliphatic heterocycles. The topological polar surface area (TPSA) is 311 Å². The summed E-state index contributed by atoms with van der Waals surface area (Å²) in [6.07, 6.45) is 14.4. The van der Waals surface area contributed by atoms with Crippen LogP contribution in [0.3, 0.4) is 0 Å². The second kappa shape index (κ2) is 35.1. The van der Waals surface area contributed by atoms with Crippen molar-refractivity contribution in [1.82, 2.24) is 73.9 Å². The summed E-state index contributed by atoms with van der Waals surface area (Å²) in [6.45, 7) is 43.6. The number of para-hydroxylation sites is 3. The molecule has 6 aromatic carbocycles. The van der Waals surface area contributed by atoms with Crippen LogP contribution in [0.2, 0.25) is 0 Å². The molecular formula is C90H93N21O6. The van der Waals surface area contributed by atoms with Crippen molar-refractivity contribution in [3.05, 3.63) is 252 Å². The van der Waals surface area contributed by atoms with Gasteiger partial charge in [0.25, 0.3) is 17.7 Å². The fourth-order valence-corrected chi connectivity index (χ4v) is 14.4. The lowest BCUT2D eigenvalue weighted by atomic mass is 9.95. The van der Waals surface area contributed by atoms with E-state index in [0.717, 1.165) is 72.5 Å². The molecule has 117 heavy (non-hydrogen) atoms. The zero-order chi connectivity index (χ0) is 82.7. The summed E-state index contributed by atoms with van der Waals surface area (Å²) in [6, 6.07) is 51.4. The van der Waals surface area contributed by atoms with E-state index < -0.39 is 0 Å². The van der Waals surface area contributed by atoms with Crippen molar-refractivity contribution in [1.29, 1.82) is 0 Å². The summed E-state index contributed by atoms with van der Waals surface area (Å²) in [5.41, 5.74) is 25.1. The molecule has 12 aromatic rings. The van der Waals surface area contributed by atoms with Gasteiger partial charge in [-0.2, -0.15) is 15.3 Å². The number of fused-ring (bicyclic) bond motifs is 3. The smallest absolute Gasteiger partial charge is 0.252 e. The van der Waals surface area contributed by atoms with Crippen LogP contribution in [0.15, 0.2) is 218 Å². The molecule has 0 spiro atoms. The van der Waals surface area contributed by atoms with Crippen LogP contribution in [0.1, 0.15) is 119 Å². The van der Waals surface area contributed by atoms with Crippen molar-refractivity contribution in [3.8, 4) is 68.3 Å². The van der Waals surface area contributed by atoms with Crippen molar-refractivity contribution in [2.45, 2.75) is 119 Å². The lowest BCUT2D eigenvalue weighted by Gasteiger charge is -2.33. The number of anilines is 3. The number of benzene rings is 6. The summed E-state index contributed by atoms with van der Waals surface area (Å²) >= 11 is 0. The summed E-state index contributed by atoms with van der Waals surface area (Å²) < 4.78 is 23.4. The zero-order valence-electron chi connectivity index (χ0n) is 67.0. The van der Waals surface area contributed by atoms with E-state index in [1.54, 1.807) is 32.9 Å². The number of ether oxygens (including phenoxy) is 3. The van der Waals surface area contributed by atoms with Gasteiger partial charge in [-0.1, -0.05) is 135 Å². The van der Waals surface area contributed by atoms with Gasteiger partial charge in [0.1, 0.15) is 88.0 Å². The number of nitrogen functional groups attached to an aromatic ring is 3. The highest BCUT2D eigenvalue weighted by atomic mass is 16.5. The standard InChI is InChI=1S/3C30H31N7O2/c3*1-30(2,3)17-24(32-4)29(38)36-16-8-9-21(18-36)37-28-25(27(31)33-19-34-28)26(35-37)20-12-14-23(15-13-20)39-22-10-6-5-7-11-22/h3*5-7,10-15,17,19,21H,8-9,16,18H2,1-3H3,(H2,31,33,34)/b24-17-;;/t;2*21-/m.11/s1. The van der Waals surface area contributed by atoms with Gasteiger partial charge in [-0.25, -0.2) is 58.5 Å². The normalized spacial score (nSPS) is 16.2. The molecule has 0 bridgehead atoms. The van der Waals surface area contributed by atoms with E-state index in [2.05, 4.69) is 44.4 Å². The predicted molar refractivity (Wildman–Crippen MR) is 452 cm³/mol. The van der Waals surface area contributed by atoms with E-state index in [1.807, 2.05) is 240 Å². The molecule has 594 valence electrons. The van der Waals surface area contributed by atoms with Crippen LogP contribution in [0.4, 0.5) is 17.5 Å². The number of aromatic nitrogens is 12. The first-order valence-electron chi connectivity index (χ1n) is 38.8. The Kier molecular flexibility index (Phi) is 24.3. The molecule has 3 amide bonds. The maximum atomic E-state index is 13.2. The molecule has 0 radical (unpaired) electrons. The Morgan fingerprint density at radius 1 is 0.368 bits per heavy atom. The Morgan fingerprint density at radius 2 is 0.607 bits per heavy atom. The lowest BCUT2D eigenvalue weighted by Crippen LogP contribution is -2.41. The maximum Gasteiger partial charge on any atom is 0.252 e. The molecule has 1 unspecified atom stereocenters. The highest BCUT2D eigenvalue weighted by molar-refractivity contribution is 6.01. The minimum Gasteiger partial charge on any atom is -0.457 e. The zero-order valence-corrected chi connectivity index (χ0v) is 67.0. The molecule has 9 heterocycles. The number of likely N-dealkylation sites (tertiary alicyclic amines) is 3. The van der Waals surface area contributed by atoms with Crippen LogP contribution < -0.4 is 31.4 Å². The molecule has 0 saturated carbocycles. The Morgan fingerprint density at radius 3 is 0.838 bits per heavy atom. The van der Waals surface area contributed by atoms with Crippen molar-refractivity contribution >= 4 is 68.3 Å². The van der Waals surface area contributed by atoms with E-state index in [-0.39, 0.29) is 69.2 Å². The third kappa shape index (κ3) is 19.4. The quantitative estimate of drug-likeness (QED) is 0.0634. The van der Waals surface area contributed by atoms with Gasteiger partial charge in [0.15, 0.2) is 16.9 Å². The lowest BCUT2D eigenvalue weighted by molar-refractivity contribution is -0.129. The number of allylic oxidation sites excluding steroid dienone is 3. The third-order valence-corrected chi connectivity index (χ3v) is 19.7. The van der Waals surface area contributed by atoms with Crippen molar-refractivity contribution in [2.24, 2.45) is 16.2 Å². The minimum absolute atomic E-state index is 0.115. The Balaban J connectivity index is 0.000000152. The summed E-state index contributed by atoms with van der Waals surface area (Å²) in [7, 11) is 0. The number of carbonyl (C=O) groups is 3. The van der Waals surface area contributed by atoms with E-state index in [0.29, 0.717) is 124 Å². The highest BCUT2D eigenvalue weighted by Crippen LogP contribution is 2.41. The molecule has 3 saturated heterocycles. The molecule has 0 aliphatic carbocycles. The van der Waals surface area contributed by atoms with Crippen LogP contribution in [0, 0.1) is 36.0 Å². The fraction of sp³-hybridized carbons (Fsp3) is 0.300. The van der Waals surface area contributed by atoms with Crippen molar-refractivity contribution in [3.63, 3.8) is 0 Å². The summed E-state index contributed by atoms with van der Waals surface area (Å²) in [5, 5.41) is 16.9. The van der Waals surface area contributed by atoms with E-state index in [9.17, 15) is 14.4 Å². The van der Waals surface area contributed by atoms with Crippen molar-refractivity contribution in [2.75, 3.05) is 56.5 Å². The van der Waals surface area contributed by atoms with Gasteiger partial charge in [-0.3, -0.25) is 14.4 Å². The first kappa shape index (κ1) is 80.9. The van der Waals surface area contributed by atoms with Gasteiger partial charge in [0, 0.05) is 56.0 Å². The van der Waals surface area contributed by atoms with Gasteiger partial charge in [0.05, 0.1) is 54.0 Å². The van der Waals surface area contributed by atoms with Crippen LogP contribution >= 0.6 is 0 Å². The van der Waals surface area contributed by atoms with Gasteiger partial charge in [-0.15, -0.1) is 0 Å². The Bertz CT molecular complexity index is 5250.